The second-order valence-electron chi connectivity index (χ2n) is 9.26. The predicted octanol–water partition coefficient (Wildman–Crippen LogP) is 6.71. The molecule has 32 heavy (non-hydrogen) atoms. The zero-order valence-electron chi connectivity index (χ0n) is 20.9. The minimum atomic E-state index is -4.37. The van der Waals surface area contributed by atoms with E-state index in [1.54, 1.807) is 0 Å². The lowest BCUT2D eigenvalue weighted by atomic mass is 9.74. The smallest absolute Gasteiger partial charge is 0.469 e. The number of phosphoric acid groups is 1. The molecule has 0 aromatic rings. The summed E-state index contributed by atoms with van der Waals surface area (Å²) in [4.78, 5) is 28.5. The van der Waals surface area contributed by atoms with Gasteiger partial charge < -0.3 is 19.6 Å². The molecule has 0 aliphatic carbocycles. The van der Waals surface area contributed by atoms with E-state index >= 15 is 0 Å². The molecular formula is C24H49O7P. The Morgan fingerprint density at radius 3 is 1.56 bits per heavy atom. The van der Waals surface area contributed by atoms with Gasteiger partial charge in [0.05, 0.1) is 6.61 Å². The van der Waals surface area contributed by atoms with Crippen molar-refractivity contribution in [3.63, 3.8) is 0 Å². The summed E-state index contributed by atoms with van der Waals surface area (Å²) >= 11 is 0. The molecule has 192 valence electrons. The largest absolute Gasteiger partial charge is 0.481 e. The van der Waals surface area contributed by atoms with Crippen LogP contribution in [0.4, 0.5) is 0 Å². The minimum absolute atomic E-state index is 0.1000. The number of ether oxygens (including phenoxy) is 1. The summed E-state index contributed by atoms with van der Waals surface area (Å²) in [6, 6.07) is 0. The van der Waals surface area contributed by atoms with Crippen LogP contribution in [0, 0.1) is 10.8 Å². The Hall–Kier alpha value is -0.460. The van der Waals surface area contributed by atoms with E-state index in [0.29, 0.717) is 6.42 Å². The van der Waals surface area contributed by atoms with Crippen molar-refractivity contribution in [1.29, 1.82) is 0 Å². The Labute approximate surface area is 195 Å². The lowest BCUT2D eigenvalue weighted by Gasteiger charge is -2.32. The molecule has 0 rings (SSSR count). The fourth-order valence-electron chi connectivity index (χ4n) is 4.68. The quantitative estimate of drug-likeness (QED) is 0.117. The van der Waals surface area contributed by atoms with Crippen LogP contribution in [0.5, 0.6) is 0 Å². The van der Waals surface area contributed by atoms with Crippen molar-refractivity contribution >= 4 is 13.8 Å². The highest BCUT2D eigenvalue weighted by Gasteiger charge is 2.27. The molecule has 0 aliphatic rings. The summed E-state index contributed by atoms with van der Waals surface area (Å²) in [6.45, 7) is 10.3. The third-order valence-electron chi connectivity index (χ3n) is 7.47. The number of hydrogen-bond donors (Lipinski definition) is 3. The standard InChI is InChI=1S/C24H49O7P/c1-5-23(6-2,17-13-21-31-32(27,28)29)15-9-11-19-30-20-12-10-16-24(7-3,8-4)18-14-22(25)26/h5-21H2,1-4H3,(H,25,26)(H2,27,28,29). The van der Waals surface area contributed by atoms with Crippen LogP contribution in [-0.2, 0) is 18.6 Å². The molecule has 0 saturated heterocycles. The number of carboxylic acid groups (broad SMARTS) is 1. The molecule has 3 N–H and O–H groups in total. The van der Waals surface area contributed by atoms with E-state index in [9.17, 15) is 9.36 Å². The molecule has 7 nitrogen and oxygen atoms in total. The zero-order valence-corrected chi connectivity index (χ0v) is 21.8. The molecule has 0 aromatic heterocycles. The fraction of sp³-hybridized carbons (Fsp3) is 0.958. The molecule has 0 fully saturated rings. The molecule has 0 saturated carbocycles. The average molecular weight is 481 g/mol. The molecule has 0 amide bonds. The minimum Gasteiger partial charge on any atom is -0.481 e. The van der Waals surface area contributed by atoms with E-state index in [4.69, 9.17) is 19.6 Å². The van der Waals surface area contributed by atoms with Gasteiger partial charge in [0.2, 0.25) is 0 Å². The highest BCUT2D eigenvalue weighted by Crippen LogP contribution is 2.40. The van der Waals surface area contributed by atoms with Gasteiger partial charge in [-0.3, -0.25) is 9.32 Å². The molecular weight excluding hydrogens is 431 g/mol. The van der Waals surface area contributed by atoms with Gasteiger partial charge in [0.25, 0.3) is 0 Å². The molecule has 0 radical (unpaired) electrons. The number of carboxylic acids is 1. The van der Waals surface area contributed by atoms with Crippen LogP contribution in [-0.4, -0.2) is 40.7 Å². The highest BCUT2D eigenvalue weighted by atomic mass is 31.2. The normalized spacial score (nSPS) is 12.9. The molecule has 8 heteroatoms. The first kappa shape index (κ1) is 31.5. The zero-order chi connectivity index (χ0) is 24.5. The molecule has 0 spiro atoms. The second kappa shape index (κ2) is 17.0. The van der Waals surface area contributed by atoms with Crippen molar-refractivity contribution in [2.75, 3.05) is 19.8 Å². The van der Waals surface area contributed by atoms with Gasteiger partial charge in [-0.2, -0.15) is 0 Å². The van der Waals surface area contributed by atoms with Crippen LogP contribution in [0.15, 0.2) is 0 Å². The Morgan fingerprint density at radius 1 is 0.719 bits per heavy atom. The summed E-state index contributed by atoms with van der Waals surface area (Å²) in [7, 11) is -4.37. The van der Waals surface area contributed by atoms with Gasteiger partial charge in [0, 0.05) is 19.6 Å². The van der Waals surface area contributed by atoms with Crippen LogP contribution < -0.4 is 0 Å². The molecule has 0 unspecified atom stereocenters. The summed E-state index contributed by atoms with van der Waals surface area (Å²) in [6.07, 6.45) is 13.1. The maximum absolute atomic E-state index is 10.9. The first-order chi connectivity index (χ1) is 15.1. The summed E-state index contributed by atoms with van der Waals surface area (Å²) in [5.74, 6) is -0.704. The monoisotopic (exact) mass is 480 g/mol. The van der Waals surface area contributed by atoms with Gasteiger partial charge in [0.1, 0.15) is 0 Å². The van der Waals surface area contributed by atoms with Gasteiger partial charge in [0.15, 0.2) is 0 Å². The number of phosphoric ester groups is 1. The summed E-state index contributed by atoms with van der Waals surface area (Å²) in [5.41, 5.74) is 0.357. The van der Waals surface area contributed by atoms with Crippen LogP contribution in [0.1, 0.15) is 118 Å². The lowest BCUT2D eigenvalue weighted by molar-refractivity contribution is -0.137. The Morgan fingerprint density at radius 2 is 1.16 bits per heavy atom. The maximum Gasteiger partial charge on any atom is 0.469 e. The number of rotatable bonds is 22. The van der Waals surface area contributed by atoms with Crippen LogP contribution >= 0.6 is 7.82 Å². The number of aliphatic carboxylic acids is 1. The average Bonchev–Trinajstić information content (AvgIpc) is 2.75. The van der Waals surface area contributed by atoms with E-state index in [1.165, 1.54) is 0 Å². The second-order valence-corrected chi connectivity index (χ2v) is 10.5. The molecule has 0 atom stereocenters. The molecule has 0 bridgehead atoms. The van der Waals surface area contributed by atoms with Gasteiger partial charge in [-0.05, 0) is 55.8 Å². The van der Waals surface area contributed by atoms with Crippen molar-refractivity contribution in [2.45, 2.75) is 118 Å². The van der Waals surface area contributed by atoms with E-state index in [1.807, 2.05) is 0 Å². The van der Waals surface area contributed by atoms with Gasteiger partial charge in [-0.15, -0.1) is 0 Å². The molecule has 0 heterocycles. The third kappa shape index (κ3) is 14.6. The van der Waals surface area contributed by atoms with E-state index < -0.39 is 13.8 Å². The van der Waals surface area contributed by atoms with Crippen molar-refractivity contribution in [3.05, 3.63) is 0 Å². The number of hydrogen-bond acceptors (Lipinski definition) is 4. The Bertz CT molecular complexity index is 524. The Balaban J connectivity index is 4.03. The predicted molar refractivity (Wildman–Crippen MR) is 129 cm³/mol. The summed E-state index contributed by atoms with van der Waals surface area (Å²) < 4.78 is 21.2. The van der Waals surface area contributed by atoms with Crippen molar-refractivity contribution in [3.8, 4) is 0 Å². The van der Waals surface area contributed by atoms with Gasteiger partial charge >= 0.3 is 13.8 Å². The molecule has 0 aliphatic heterocycles. The number of unbranched alkanes of at least 4 members (excludes halogenated alkanes) is 2. The Kier molecular flexibility index (Phi) is 16.8. The fourth-order valence-corrected chi connectivity index (χ4v) is 5.04. The molecule has 0 aromatic carbocycles. The van der Waals surface area contributed by atoms with Crippen LogP contribution in [0.25, 0.3) is 0 Å². The lowest BCUT2D eigenvalue weighted by Crippen LogP contribution is -2.20. The maximum atomic E-state index is 10.9. The van der Waals surface area contributed by atoms with E-state index in [2.05, 4.69) is 32.2 Å². The van der Waals surface area contributed by atoms with Crippen molar-refractivity contribution < 1.29 is 33.5 Å². The van der Waals surface area contributed by atoms with E-state index in [-0.39, 0.29) is 23.9 Å². The first-order valence-electron chi connectivity index (χ1n) is 12.6. The van der Waals surface area contributed by atoms with Crippen molar-refractivity contribution in [2.24, 2.45) is 10.8 Å². The topological polar surface area (TPSA) is 113 Å². The van der Waals surface area contributed by atoms with Gasteiger partial charge in [-0.25, -0.2) is 4.57 Å². The van der Waals surface area contributed by atoms with Crippen LogP contribution in [0.2, 0.25) is 0 Å². The first-order valence-corrected chi connectivity index (χ1v) is 14.1. The SMILES string of the molecule is CCC(CC)(CCCCOCCCCC(CC)(CC)CCC(=O)O)CCCOP(=O)(O)O. The van der Waals surface area contributed by atoms with E-state index in [0.717, 1.165) is 90.3 Å². The number of carbonyl (C=O) groups is 1. The summed E-state index contributed by atoms with van der Waals surface area (Å²) in [5, 5.41) is 8.99. The third-order valence-corrected chi connectivity index (χ3v) is 7.99. The highest BCUT2D eigenvalue weighted by molar-refractivity contribution is 7.46. The van der Waals surface area contributed by atoms with Crippen molar-refractivity contribution in [1.82, 2.24) is 0 Å². The van der Waals surface area contributed by atoms with Crippen LogP contribution in [0.3, 0.4) is 0 Å². The van der Waals surface area contributed by atoms with Gasteiger partial charge in [-0.1, -0.05) is 66.2 Å².